The van der Waals surface area contributed by atoms with E-state index in [1.165, 1.54) is 17.1 Å². The minimum Gasteiger partial charge on any atom is -0.502 e. The van der Waals surface area contributed by atoms with Crippen molar-refractivity contribution >= 4 is 12.2 Å². The number of carbonyl (C=O) groups is 2. The smallest absolute Gasteiger partial charge is 0.277 e. The minimum absolute atomic E-state index is 0.0970. The molecule has 1 N–H and O–H groups in total. The van der Waals surface area contributed by atoms with Crippen LogP contribution in [0.5, 0.6) is 5.75 Å². The average Bonchev–Trinajstić information content (AvgIpc) is 3.17. The second-order valence-corrected chi connectivity index (χ2v) is 6.85. The van der Waals surface area contributed by atoms with E-state index in [0.717, 1.165) is 5.56 Å². The first-order valence-corrected chi connectivity index (χ1v) is 9.03. The Morgan fingerprint density at radius 1 is 1.36 bits per heavy atom. The summed E-state index contributed by atoms with van der Waals surface area (Å²) in [7, 11) is 0. The van der Waals surface area contributed by atoms with Crippen LogP contribution in [-0.2, 0) is 11.3 Å². The van der Waals surface area contributed by atoms with Gasteiger partial charge in [-0.1, -0.05) is 0 Å². The van der Waals surface area contributed by atoms with Crippen molar-refractivity contribution in [1.29, 1.82) is 0 Å². The van der Waals surface area contributed by atoms with Crippen LogP contribution in [0.4, 0.5) is 0 Å². The van der Waals surface area contributed by atoms with Crippen molar-refractivity contribution in [2.75, 3.05) is 24.8 Å². The molecule has 0 atom stereocenters. The summed E-state index contributed by atoms with van der Waals surface area (Å²) in [6.07, 6.45) is 5.46. The Hall–Kier alpha value is -3.07. The number of aromatic nitrogens is 1. The minimum atomic E-state index is -0.858. The molecule has 2 aromatic heterocycles. The lowest BCUT2D eigenvalue weighted by atomic mass is 10.2. The maximum atomic E-state index is 12.9. The fourth-order valence-corrected chi connectivity index (χ4v) is 3.06. The molecule has 0 radical (unpaired) electrons. The number of aromatic hydroxyl groups is 1. The Bertz CT molecular complexity index is 903. The number of hydrogen-bond acceptors (Lipinski definition) is 7. The summed E-state index contributed by atoms with van der Waals surface area (Å²) in [6.45, 7) is 5.34. The van der Waals surface area contributed by atoms with Crippen LogP contribution >= 0.6 is 0 Å². The number of ether oxygens (including phenoxy) is 1. The molecule has 28 heavy (non-hydrogen) atoms. The van der Waals surface area contributed by atoms with Gasteiger partial charge in [0.05, 0.1) is 30.7 Å². The number of hydrogen-bond donors (Lipinski definition) is 1. The first-order chi connectivity index (χ1) is 13.4. The number of fused-ring (bicyclic) bond motifs is 1. The topological polar surface area (TPSA) is 105 Å². The van der Waals surface area contributed by atoms with Crippen molar-refractivity contribution in [1.82, 2.24) is 9.58 Å². The van der Waals surface area contributed by atoms with Gasteiger partial charge in [-0.25, -0.2) is 0 Å². The molecule has 0 unspecified atom stereocenters. The molecule has 3 heterocycles. The van der Waals surface area contributed by atoms with Crippen LogP contribution in [0.25, 0.3) is 0 Å². The van der Waals surface area contributed by atoms with Crippen LogP contribution in [0.3, 0.4) is 0 Å². The summed E-state index contributed by atoms with van der Waals surface area (Å²) in [6, 6.07) is 1.78. The van der Waals surface area contributed by atoms with Crippen LogP contribution in [-0.4, -0.2) is 52.8 Å². The van der Waals surface area contributed by atoms with Gasteiger partial charge in [-0.3, -0.25) is 24.1 Å². The van der Waals surface area contributed by atoms with Crippen molar-refractivity contribution < 1.29 is 23.8 Å². The van der Waals surface area contributed by atoms with E-state index >= 15 is 0 Å². The van der Waals surface area contributed by atoms with Crippen LogP contribution in [0.15, 0.2) is 34.0 Å². The molecule has 1 amide bonds. The van der Waals surface area contributed by atoms with Crippen molar-refractivity contribution in [3.8, 4) is 5.75 Å². The molecule has 0 saturated heterocycles. The number of amides is 1. The summed E-state index contributed by atoms with van der Waals surface area (Å²) in [5.41, 5.74) is -0.391. The van der Waals surface area contributed by atoms with Crippen molar-refractivity contribution in [3.63, 3.8) is 0 Å². The molecule has 2 aromatic rings. The molecule has 150 valence electrons. The SMILES string of the molecule is CC(C)OCCCN1CN(Cc2ccoc2)n2cc(C=O)c(=O)c(O)c2C1=O. The lowest BCUT2D eigenvalue weighted by molar-refractivity contribution is 0.0567. The molecule has 1 aliphatic rings. The summed E-state index contributed by atoms with van der Waals surface area (Å²) < 4.78 is 12.0. The number of pyridine rings is 1. The van der Waals surface area contributed by atoms with Crippen molar-refractivity contribution in [3.05, 3.63) is 51.8 Å². The third-order valence-corrected chi connectivity index (χ3v) is 4.42. The monoisotopic (exact) mass is 389 g/mol. The Labute approximate surface area is 161 Å². The van der Waals surface area contributed by atoms with E-state index in [0.29, 0.717) is 32.4 Å². The predicted molar refractivity (Wildman–Crippen MR) is 100.0 cm³/mol. The first-order valence-electron chi connectivity index (χ1n) is 9.03. The fourth-order valence-electron chi connectivity index (χ4n) is 3.06. The van der Waals surface area contributed by atoms with Gasteiger partial charge in [0.1, 0.15) is 6.67 Å². The fraction of sp³-hybridized carbons (Fsp3) is 0.421. The number of aldehydes is 1. The maximum absolute atomic E-state index is 12.9. The van der Waals surface area contributed by atoms with E-state index in [-0.39, 0.29) is 24.0 Å². The van der Waals surface area contributed by atoms with Gasteiger partial charge in [0.15, 0.2) is 17.7 Å². The van der Waals surface area contributed by atoms with Gasteiger partial charge in [0.2, 0.25) is 5.43 Å². The standard InChI is InChI=1S/C19H23N3O6/c1-13(2)28-6-3-5-20-12-21(8-14-4-7-27-11-14)22-9-15(10-23)17(24)18(25)16(22)19(20)26/h4,7,9-11,13,25H,3,5-6,8,12H2,1-2H3. The van der Waals surface area contributed by atoms with Crippen molar-refractivity contribution in [2.45, 2.75) is 32.9 Å². The van der Waals surface area contributed by atoms with Gasteiger partial charge in [-0.2, -0.15) is 0 Å². The summed E-state index contributed by atoms with van der Waals surface area (Å²) in [5.74, 6) is -1.20. The molecule has 9 heteroatoms. The van der Waals surface area contributed by atoms with Crippen LogP contribution < -0.4 is 10.4 Å². The van der Waals surface area contributed by atoms with E-state index in [4.69, 9.17) is 9.15 Å². The number of nitrogens with zero attached hydrogens (tertiary/aromatic N) is 3. The van der Waals surface area contributed by atoms with Gasteiger partial charge >= 0.3 is 0 Å². The van der Waals surface area contributed by atoms with Gasteiger partial charge in [0, 0.05) is 24.9 Å². The third-order valence-electron chi connectivity index (χ3n) is 4.42. The van der Waals surface area contributed by atoms with Gasteiger partial charge in [-0.05, 0) is 26.3 Å². The molecule has 9 nitrogen and oxygen atoms in total. The molecular formula is C19H23N3O6. The second-order valence-electron chi connectivity index (χ2n) is 6.85. The van der Waals surface area contributed by atoms with E-state index in [9.17, 15) is 19.5 Å². The highest BCUT2D eigenvalue weighted by Gasteiger charge is 2.33. The highest BCUT2D eigenvalue weighted by atomic mass is 16.5. The lowest BCUT2D eigenvalue weighted by Gasteiger charge is -2.39. The predicted octanol–water partition coefficient (Wildman–Crippen LogP) is 1.33. The Balaban J connectivity index is 1.92. The molecule has 0 saturated carbocycles. The van der Waals surface area contributed by atoms with E-state index in [2.05, 4.69) is 0 Å². The molecule has 0 aromatic carbocycles. The Morgan fingerprint density at radius 2 is 2.14 bits per heavy atom. The van der Waals surface area contributed by atoms with Gasteiger partial charge < -0.3 is 19.2 Å². The largest absolute Gasteiger partial charge is 0.502 e. The van der Waals surface area contributed by atoms with E-state index in [1.54, 1.807) is 22.2 Å². The van der Waals surface area contributed by atoms with Crippen LogP contribution in [0.2, 0.25) is 0 Å². The average molecular weight is 389 g/mol. The molecule has 0 aliphatic carbocycles. The first kappa shape index (κ1) is 19.7. The Morgan fingerprint density at radius 3 is 2.79 bits per heavy atom. The zero-order valence-corrected chi connectivity index (χ0v) is 15.8. The Kier molecular flexibility index (Phi) is 5.84. The highest BCUT2D eigenvalue weighted by Crippen LogP contribution is 2.22. The zero-order valence-electron chi connectivity index (χ0n) is 15.8. The number of carbonyl (C=O) groups excluding carboxylic acids is 2. The van der Waals surface area contributed by atoms with Gasteiger partial charge in [-0.15, -0.1) is 0 Å². The number of rotatable bonds is 8. The molecule has 0 fully saturated rings. The summed E-state index contributed by atoms with van der Waals surface area (Å²) in [4.78, 5) is 37.8. The quantitative estimate of drug-likeness (QED) is 0.536. The zero-order chi connectivity index (χ0) is 20.3. The summed E-state index contributed by atoms with van der Waals surface area (Å²) in [5, 5.41) is 12.1. The molecular weight excluding hydrogens is 366 g/mol. The molecule has 0 spiro atoms. The number of furan rings is 1. The lowest BCUT2D eigenvalue weighted by Crippen LogP contribution is -2.54. The van der Waals surface area contributed by atoms with E-state index < -0.39 is 17.1 Å². The van der Waals surface area contributed by atoms with E-state index in [1.807, 2.05) is 13.8 Å². The third kappa shape index (κ3) is 3.94. The highest BCUT2D eigenvalue weighted by molar-refractivity contribution is 5.96. The molecule has 3 rings (SSSR count). The normalized spacial score (nSPS) is 13.9. The van der Waals surface area contributed by atoms with Crippen LogP contribution in [0, 0.1) is 0 Å². The molecule has 0 bridgehead atoms. The maximum Gasteiger partial charge on any atom is 0.277 e. The van der Waals surface area contributed by atoms with Crippen LogP contribution in [0.1, 0.15) is 46.7 Å². The summed E-state index contributed by atoms with van der Waals surface area (Å²) >= 11 is 0. The van der Waals surface area contributed by atoms with Crippen molar-refractivity contribution in [2.24, 2.45) is 0 Å². The second kappa shape index (κ2) is 8.30. The van der Waals surface area contributed by atoms with Gasteiger partial charge in [0.25, 0.3) is 5.91 Å². The molecule has 1 aliphatic heterocycles.